The van der Waals surface area contributed by atoms with Crippen LogP contribution in [0.25, 0.3) is 0 Å². The minimum atomic E-state index is -0.0497. The number of hydrogen-bond donors (Lipinski definition) is 2. The summed E-state index contributed by atoms with van der Waals surface area (Å²) in [6, 6.07) is 8.75. The molecule has 0 radical (unpaired) electrons. The van der Waals surface area contributed by atoms with E-state index in [0.29, 0.717) is 12.5 Å². The highest BCUT2D eigenvalue weighted by atomic mass is 15.1. The first-order valence-corrected chi connectivity index (χ1v) is 8.31. The number of aliphatic imine (C=N–C) groups is 1. The van der Waals surface area contributed by atoms with Crippen molar-refractivity contribution in [3.8, 4) is 0 Å². The van der Waals surface area contributed by atoms with Crippen molar-refractivity contribution in [2.75, 3.05) is 13.1 Å². The van der Waals surface area contributed by atoms with Gasteiger partial charge in [-0.3, -0.25) is 4.90 Å². The third-order valence-corrected chi connectivity index (χ3v) is 3.81. The van der Waals surface area contributed by atoms with Gasteiger partial charge in [0.15, 0.2) is 5.96 Å². The molecule has 3 N–H and O–H groups in total. The van der Waals surface area contributed by atoms with Crippen molar-refractivity contribution >= 4 is 5.96 Å². The summed E-state index contributed by atoms with van der Waals surface area (Å²) in [4.78, 5) is 6.94. The molecule has 0 unspecified atom stereocenters. The van der Waals surface area contributed by atoms with Crippen LogP contribution in [0.4, 0.5) is 0 Å². The Morgan fingerprint density at radius 2 is 1.68 bits per heavy atom. The van der Waals surface area contributed by atoms with Crippen LogP contribution in [0.2, 0.25) is 0 Å². The maximum atomic E-state index is 5.89. The van der Waals surface area contributed by atoms with E-state index in [1.807, 2.05) is 0 Å². The van der Waals surface area contributed by atoms with Crippen molar-refractivity contribution < 1.29 is 0 Å². The van der Waals surface area contributed by atoms with E-state index in [1.165, 1.54) is 43.5 Å². The van der Waals surface area contributed by atoms with Gasteiger partial charge in [-0.05, 0) is 57.8 Å². The second kappa shape index (κ2) is 7.63. The van der Waals surface area contributed by atoms with Crippen LogP contribution in [0.1, 0.15) is 51.2 Å². The minimum Gasteiger partial charge on any atom is -0.370 e. The summed E-state index contributed by atoms with van der Waals surface area (Å²) in [5.74, 6) is 0.505. The van der Waals surface area contributed by atoms with Gasteiger partial charge in [-0.15, -0.1) is 0 Å². The topological polar surface area (TPSA) is 53.6 Å². The zero-order valence-corrected chi connectivity index (χ0v) is 14.2. The highest BCUT2D eigenvalue weighted by Gasteiger charge is 2.11. The van der Waals surface area contributed by atoms with Crippen molar-refractivity contribution in [3.63, 3.8) is 0 Å². The molecule has 1 aromatic carbocycles. The summed E-state index contributed by atoms with van der Waals surface area (Å²) >= 11 is 0. The molecule has 1 heterocycles. The molecule has 1 aliphatic heterocycles. The number of nitrogens with one attached hydrogen (secondary N) is 1. The molecule has 0 amide bonds. The normalized spacial score (nSPS) is 17.5. The average molecular weight is 302 g/mol. The second-order valence-electron chi connectivity index (χ2n) is 7.23. The Morgan fingerprint density at radius 3 is 2.27 bits per heavy atom. The van der Waals surface area contributed by atoms with Crippen LogP contribution in [0.3, 0.4) is 0 Å². The van der Waals surface area contributed by atoms with Crippen LogP contribution >= 0.6 is 0 Å². The predicted molar refractivity (Wildman–Crippen MR) is 93.8 cm³/mol. The van der Waals surface area contributed by atoms with Gasteiger partial charge in [-0.25, -0.2) is 4.99 Å². The summed E-state index contributed by atoms with van der Waals surface area (Å²) in [6.07, 6.45) is 4.07. The number of likely N-dealkylation sites (tertiary alicyclic amines) is 1. The number of nitrogens with two attached hydrogens (primary N) is 1. The Hall–Kier alpha value is -1.55. The molecule has 122 valence electrons. The van der Waals surface area contributed by atoms with E-state index >= 15 is 0 Å². The molecule has 0 aliphatic carbocycles. The van der Waals surface area contributed by atoms with Gasteiger partial charge in [0.1, 0.15) is 0 Å². The Labute approximate surface area is 134 Å². The van der Waals surface area contributed by atoms with Crippen LogP contribution in [0.15, 0.2) is 29.3 Å². The Balaban J connectivity index is 1.84. The van der Waals surface area contributed by atoms with Crippen molar-refractivity contribution in [2.24, 2.45) is 10.7 Å². The minimum absolute atomic E-state index is 0.0497. The number of rotatable bonds is 4. The average Bonchev–Trinajstić information content (AvgIpc) is 2.46. The van der Waals surface area contributed by atoms with Crippen molar-refractivity contribution in [2.45, 2.75) is 58.7 Å². The van der Waals surface area contributed by atoms with E-state index in [2.05, 4.69) is 60.2 Å². The molecular formula is C18H30N4. The molecule has 0 saturated carbocycles. The zero-order valence-electron chi connectivity index (χ0n) is 14.2. The lowest BCUT2D eigenvalue weighted by atomic mass is 10.1. The van der Waals surface area contributed by atoms with Crippen LogP contribution in [0, 0.1) is 0 Å². The van der Waals surface area contributed by atoms with Crippen LogP contribution in [-0.2, 0) is 13.1 Å². The second-order valence-corrected chi connectivity index (χ2v) is 7.23. The number of hydrogen-bond acceptors (Lipinski definition) is 2. The van der Waals surface area contributed by atoms with E-state index in [1.54, 1.807) is 0 Å². The fraction of sp³-hybridized carbons (Fsp3) is 0.611. The third kappa shape index (κ3) is 6.06. The van der Waals surface area contributed by atoms with E-state index in [9.17, 15) is 0 Å². The van der Waals surface area contributed by atoms with E-state index in [-0.39, 0.29) is 5.54 Å². The van der Waals surface area contributed by atoms with E-state index in [4.69, 9.17) is 5.73 Å². The molecule has 2 rings (SSSR count). The summed E-state index contributed by atoms with van der Waals surface area (Å²) < 4.78 is 0. The number of benzene rings is 1. The molecule has 1 aromatic rings. The van der Waals surface area contributed by atoms with E-state index in [0.717, 1.165) is 6.54 Å². The Bertz CT molecular complexity index is 479. The highest BCUT2D eigenvalue weighted by Crippen LogP contribution is 2.14. The first-order chi connectivity index (χ1) is 10.4. The zero-order chi connectivity index (χ0) is 16.0. The smallest absolute Gasteiger partial charge is 0.189 e. The first kappa shape index (κ1) is 16.8. The van der Waals surface area contributed by atoms with Gasteiger partial charge in [-0.2, -0.15) is 0 Å². The lowest BCUT2D eigenvalue weighted by molar-refractivity contribution is 0.221. The maximum Gasteiger partial charge on any atom is 0.189 e. The lowest BCUT2D eigenvalue weighted by Crippen LogP contribution is -2.44. The number of guanidine groups is 1. The van der Waals surface area contributed by atoms with Crippen molar-refractivity contribution in [1.82, 2.24) is 10.2 Å². The molecule has 0 spiro atoms. The van der Waals surface area contributed by atoms with Gasteiger partial charge in [0.05, 0.1) is 6.54 Å². The molecule has 0 aromatic heterocycles. The van der Waals surface area contributed by atoms with Gasteiger partial charge in [0, 0.05) is 12.1 Å². The Kier molecular flexibility index (Phi) is 5.83. The fourth-order valence-corrected chi connectivity index (χ4v) is 2.73. The third-order valence-electron chi connectivity index (χ3n) is 3.81. The lowest BCUT2D eigenvalue weighted by Gasteiger charge is -2.26. The first-order valence-electron chi connectivity index (χ1n) is 8.31. The molecule has 1 aliphatic rings. The molecule has 22 heavy (non-hydrogen) atoms. The van der Waals surface area contributed by atoms with Crippen molar-refractivity contribution in [1.29, 1.82) is 0 Å². The standard InChI is InChI=1S/C18H30N4/c1-18(2,3)21-17(19)20-13-15-7-9-16(10-8-15)14-22-11-5-4-6-12-22/h7-10H,4-6,11-14H2,1-3H3,(H3,19,20,21). The molecular weight excluding hydrogens is 272 g/mol. The summed E-state index contributed by atoms with van der Waals surface area (Å²) in [7, 11) is 0. The molecule has 1 saturated heterocycles. The SMILES string of the molecule is CC(C)(C)NC(N)=NCc1ccc(CN2CCCCC2)cc1. The van der Waals surface area contributed by atoms with Gasteiger partial charge < -0.3 is 11.1 Å². The fourth-order valence-electron chi connectivity index (χ4n) is 2.73. The quantitative estimate of drug-likeness (QED) is 0.664. The molecule has 0 bridgehead atoms. The monoisotopic (exact) mass is 302 g/mol. The van der Waals surface area contributed by atoms with Gasteiger partial charge in [0.2, 0.25) is 0 Å². The molecule has 0 atom stereocenters. The van der Waals surface area contributed by atoms with Crippen LogP contribution in [0.5, 0.6) is 0 Å². The Morgan fingerprint density at radius 1 is 1.09 bits per heavy atom. The van der Waals surface area contributed by atoms with Gasteiger partial charge in [-0.1, -0.05) is 30.7 Å². The van der Waals surface area contributed by atoms with Crippen molar-refractivity contribution in [3.05, 3.63) is 35.4 Å². The van der Waals surface area contributed by atoms with Crippen LogP contribution < -0.4 is 11.1 Å². The summed E-state index contributed by atoms with van der Waals surface area (Å²) in [6.45, 7) is 10.4. The largest absolute Gasteiger partial charge is 0.370 e. The van der Waals surface area contributed by atoms with Gasteiger partial charge in [0.25, 0.3) is 0 Å². The molecule has 4 heteroatoms. The maximum absolute atomic E-state index is 5.89. The predicted octanol–water partition coefficient (Wildman–Crippen LogP) is 2.88. The van der Waals surface area contributed by atoms with Gasteiger partial charge >= 0.3 is 0 Å². The summed E-state index contributed by atoms with van der Waals surface area (Å²) in [5.41, 5.74) is 8.42. The number of nitrogens with zero attached hydrogens (tertiary/aromatic N) is 2. The highest BCUT2D eigenvalue weighted by molar-refractivity contribution is 5.78. The summed E-state index contributed by atoms with van der Waals surface area (Å²) in [5, 5.41) is 3.18. The van der Waals surface area contributed by atoms with Crippen LogP contribution in [-0.4, -0.2) is 29.5 Å². The molecule has 1 fully saturated rings. The number of piperidine rings is 1. The van der Waals surface area contributed by atoms with E-state index < -0.39 is 0 Å². The molecule has 4 nitrogen and oxygen atoms in total.